The summed E-state index contributed by atoms with van der Waals surface area (Å²) in [4.78, 5) is 15.5. The third kappa shape index (κ3) is 2.34. The van der Waals surface area contributed by atoms with E-state index in [9.17, 15) is 4.79 Å². The van der Waals surface area contributed by atoms with Crippen LogP contribution in [-0.4, -0.2) is 12.5 Å². The molecule has 1 aliphatic carbocycles. The lowest BCUT2D eigenvalue weighted by atomic mass is 9.95. The van der Waals surface area contributed by atoms with Crippen LogP contribution in [0.4, 0.5) is 0 Å². The van der Waals surface area contributed by atoms with Gasteiger partial charge in [-0.15, -0.1) is 0 Å². The number of rotatable bonds is 4. The third-order valence-corrected chi connectivity index (χ3v) is 3.41. The van der Waals surface area contributed by atoms with Gasteiger partial charge in [0, 0.05) is 17.6 Å². The Morgan fingerprint density at radius 2 is 2.16 bits per heavy atom. The second kappa shape index (κ2) is 5.19. The molecular formula is C17H17NO. The van der Waals surface area contributed by atoms with Crippen LogP contribution >= 0.6 is 0 Å². The van der Waals surface area contributed by atoms with Crippen LogP contribution in [0.15, 0.2) is 53.2 Å². The highest BCUT2D eigenvalue weighted by atomic mass is 16.1. The van der Waals surface area contributed by atoms with Gasteiger partial charge in [0.25, 0.3) is 0 Å². The van der Waals surface area contributed by atoms with E-state index in [-0.39, 0.29) is 5.78 Å². The first-order valence-electron chi connectivity index (χ1n) is 6.23. The molecule has 2 nitrogen and oxygen atoms in total. The van der Waals surface area contributed by atoms with Crippen LogP contribution in [0.1, 0.15) is 34.8 Å². The molecule has 0 N–H and O–H groups in total. The van der Waals surface area contributed by atoms with Crippen molar-refractivity contribution in [3.8, 4) is 0 Å². The van der Waals surface area contributed by atoms with Crippen molar-refractivity contribution in [1.82, 2.24) is 0 Å². The summed E-state index contributed by atoms with van der Waals surface area (Å²) in [5.74, 6) is 0.0948. The van der Waals surface area contributed by atoms with Gasteiger partial charge in [0.15, 0.2) is 5.78 Å². The molecule has 0 spiro atoms. The monoisotopic (exact) mass is 251 g/mol. The summed E-state index contributed by atoms with van der Waals surface area (Å²) >= 11 is 0. The molecular weight excluding hydrogens is 234 g/mol. The fourth-order valence-corrected chi connectivity index (χ4v) is 2.45. The molecule has 1 aromatic carbocycles. The van der Waals surface area contributed by atoms with E-state index in [0.29, 0.717) is 0 Å². The molecule has 0 amide bonds. The molecule has 0 fully saturated rings. The summed E-state index contributed by atoms with van der Waals surface area (Å²) in [6.07, 6.45) is 4.73. The average molecular weight is 251 g/mol. The largest absolute Gasteiger partial charge is 0.295 e. The van der Waals surface area contributed by atoms with Gasteiger partial charge in [-0.25, -0.2) is 0 Å². The normalized spacial score (nSPS) is 14.3. The molecule has 0 atom stereocenters. The molecule has 0 bridgehead atoms. The van der Waals surface area contributed by atoms with E-state index in [4.69, 9.17) is 0 Å². The summed E-state index contributed by atoms with van der Waals surface area (Å²) in [6.45, 7) is 11.0. The van der Waals surface area contributed by atoms with Crippen molar-refractivity contribution < 1.29 is 4.79 Å². The number of aryl methyl sites for hydroxylation is 1. The number of benzene rings is 1. The Kier molecular flexibility index (Phi) is 3.61. The Balaban J connectivity index is 2.47. The van der Waals surface area contributed by atoms with Gasteiger partial charge in [-0.1, -0.05) is 36.9 Å². The van der Waals surface area contributed by atoms with Crippen LogP contribution in [0.25, 0.3) is 5.57 Å². The Hall–Kier alpha value is -2.22. The number of carbonyl (C=O) groups excluding carboxylic acids is 1. The summed E-state index contributed by atoms with van der Waals surface area (Å²) in [7, 11) is 0. The van der Waals surface area contributed by atoms with Crippen molar-refractivity contribution in [2.75, 3.05) is 0 Å². The molecule has 0 aliphatic heterocycles. The fourth-order valence-electron chi connectivity index (χ4n) is 2.45. The molecule has 0 aromatic heterocycles. The molecule has 96 valence electrons. The molecule has 0 heterocycles. The zero-order valence-corrected chi connectivity index (χ0v) is 11.4. The summed E-state index contributed by atoms with van der Waals surface area (Å²) in [5.41, 5.74) is 5.97. The topological polar surface area (TPSA) is 29.4 Å². The number of aliphatic imine (C=N–C) groups is 1. The third-order valence-electron chi connectivity index (χ3n) is 3.41. The molecule has 19 heavy (non-hydrogen) atoms. The van der Waals surface area contributed by atoms with Crippen LogP contribution in [0, 0.1) is 6.92 Å². The van der Waals surface area contributed by atoms with Crippen molar-refractivity contribution >= 4 is 18.1 Å². The van der Waals surface area contributed by atoms with E-state index in [1.54, 1.807) is 6.92 Å². The van der Waals surface area contributed by atoms with Crippen LogP contribution in [-0.2, 0) is 0 Å². The maximum Gasteiger partial charge on any atom is 0.160 e. The van der Waals surface area contributed by atoms with E-state index < -0.39 is 0 Å². The van der Waals surface area contributed by atoms with Crippen molar-refractivity contribution in [2.24, 2.45) is 4.99 Å². The van der Waals surface area contributed by atoms with Gasteiger partial charge in [0.1, 0.15) is 0 Å². The molecule has 0 radical (unpaired) electrons. The zero-order valence-electron chi connectivity index (χ0n) is 11.4. The molecule has 1 aliphatic rings. The van der Waals surface area contributed by atoms with Crippen molar-refractivity contribution in [3.63, 3.8) is 0 Å². The minimum absolute atomic E-state index is 0.0948. The molecule has 2 heteroatoms. The molecule has 1 aromatic rings. The van der Waals surface area contributed by atoms with Crippen molar-refractivity contribution in [3.05, 3.63) is 64.9 Å². The zero-order chi connectivity index (χ0) is 14.0. The van der Waals surface area contributed by atoms with Gasteiger partial charge in [-0.3, -0.25) is 9.79 Å². The number of ketones is 1. The van der Waals surface area contributed by atoms with E-state index in [2.05, 4.69) is 24.4 Å². The van der Waals surface area contributed by atoms with E-state index in [0.717, 1.165) is 40.0 Å². The first kappa shape index (κ1) is 13.2. The minimum atomic E-state index is 0.0948. The van der Waals surface area contributed by atoms with Gasteiger partial charge in [0.05, 0.1) is 5.70 Å². The SMILES string of the molecule is C=CC1=C(N=C)CC=C1c1ccc(C(C)=O)c(C)c1. The molecule has 2 rings (SSSR count). The van der Waals surface area contributed by atoms with E-state index in [1.165, 1.54) is 0 Å². The number of hydrogen-bond donors (Lipinski definition) is 0. The van der Waals surface area contributed by atoms with Crippen LogP contribution in [0.5, 0.6) is 0 Å². The van der Waals surface area contributed by atoms with E-state index in [1.807, 2.05) is 31.2 Å². The highest BCUT2D eigenvalue weighted by Crippen LogP contribution is 2.35. The van der Waals surface area contributed by atoms with Gasteiger partial charge in [-0.2, -0.15) is 0 Å². The number of nitrogens with zero attached hydrogens (tertiary/aromatic N) is 1. The lowest BCUT2D eigenvalue weighted by Crippen LogP contribution is -1.97. The summed E-state index contributed by atoms with van der Waals surface area (Å²) in [6, 6.07) is 5.90. The maximum absolute atomic E-state index is 11.5. The summed E-state index contributed by atoms with van der Waals surface area (Å²) in [5, 5.41) is 0. The molecule has 0 saturated carbocycles. The number of allylic oxidation sites excluding steroid dienone is 4. The minimum Gasteiger partial charge on any atom is -0.295 e. The highest BCUT2D eigenvalue weighted by molar-refractivity contribution is 5.96. The van der Waals surface area contributed by atoms with Crippen LogP contribution < -0.4 is 0 Å². The van der Waals surface area contributed by atoms with Crippen molar-refractivity contribution in [1.29, 1.82) is 0 Å². The number of Topliss-reactive ketones (excluding diaryl/α,β-unsaturated/α-hetero) is 1. The van der Waals surface area contributed by atoms with Crippen LogP contribution in [0.2, 0.25) is 0 Å². The standard InChI is InChI=1S/C17H17NO/c1-5-14-16(8-9-17(14)18-4)13-6-7-15(12(3)19)11(2)10-13/h5-8,10H,1,4,9H2,2-3H3. The number of hydrogen-bond acceptors (Lipinski definition) is 2. The van der Waals surface area contributed by atoms with Gasteiger partial charge in [-0.05, 0) is 37.3 Å². The molecule has 0 unspecified atom stereocenters. The number of carbonyl (C=O) groups is 1. The van der Waals surface area contributed by atoms with Crippen molar-refractivity contribution in [2.45, 2.75) is 20.3 Å². The lowest BCUT2D eigenvalue weighted by Gasteiger charge is -2.09. The Morgan fingerprint density at radius 3 is 2.68 bits per heavy atom. The quantitative estimate of drug-likeness (QED) is 0.584. The Bertz CT molecular complexity index is 633. The lowest BCUT2D eigenvalue weighted by molar-refractivity contribution is 0.101. The second-order valence-corrected chi connectivity index (χ2v) is 4.63. The fraction of sp³-hybridized carbons (Fsp3) is 0.176. The Morgan fingerprint density at radius 1 is 1.42 bits per heavy atom. The predicted octanol–water partition coefficient (Wildman–Crippen LogP) is 4.13. The van der Waals surface area contributed by atoms with Gasteiger partial charge < -0.3 is 0 Å². The van der Waals surface area contributed by atoms with Crippen LogP contribution in [0.3, 0.4) is 0 Å². The molecule has 0 saturated heterocycles. The summed E-state index contributed by atoms with van der Waals surface area (Å²) < 4.78 is 0. The smallest absolute Gasteiger partial charge is 0.160 e. The first-order chi connectivity index (χ1) is 9.08. The first-order valence-corrected chi connectivity index (χ1v) is 6.23. The average Bonchev–Trinajstić information content (AvgIpc) is 2.80. The van der Waals surface area contributed by atoms with Gasteiger partial charge in [0.2, 0.25) is 0 Å². The predicted molar refractivity (Wildman–Crippen MR) is 80.5 cm³/mol. The Labute approximate surface area is 113 Å². The highest BCUT2D eigenvalue weighted by Gasteiger charge is 2.16. The second-order valence-electron chi connectivity index (χ2n) is 4.63. The maximum atomic E-state index is 11.5. The van der Waals surface area contributed by atoms with Gasteiger partial charge >= 0.3 is 0 Å². The van der Waals surface area contributed by atoms with E-state index >= 15 is 0 Å².